The van der Waals surface area contributed by atoms with Gasteiger partial charge in [0, 0.05) is 24.1 Å². The SMILES string of the molecule is Cc1ccc(C(C)C)c(N2C(=NC(=O)Nc3ccc(CCc4ncn(-c5ccc(OC(F)(F)F)cn5)n4)cn3)SCC2O)c1. The van der Waals surface area contributed by atoms with Gasteiger partial charge in [0.1, 0.15) is 24.1 Å². The molecule has 2 amide bonds. The molecule has 4 heterocycles. The third-order valence-corrected chi connectivity index (χ3v) is 7.57. The summed E-state index contributed by atoms with van der Waals surface area (Å²) in [5.41, 5.74) is 3.79. The maximum Gasteiger partial charge on any atom is 0.573 e. The fraction of sp³-hybridized carbons (Fsp3) is 0.310. The van der Waals surface area contributed by atoms with Gasteiger partial charge < -0.3 is 9.84 Å². The van der Waals surface area contributed by atoms with Gasteiger partial charge in [0.15, 0.2) is 16.8 Å². The van der Waals surface area contributed by atoms with E-state index in [2.05, 4.69) is 48.9 Å². The highest BCUT2D eigenvalue weighted by Crippen LogP contribution is 2.35. The molecule has 4 aromatic rings. The summed E-state index contributed by atoms with van der Waals surface area (Å²) in [6.45, 7) is 6.13. The van der Waals surface area contributed by atoms with Gasteiger partial charge in [-0.3, -0.25) is 10.2 Å². The number of aliphatic hydroxyl groups excluding tert-OH is 1. The van der Waals surface area contributed by atoms with E-state index in [0.29, 0.717) is 35.4 Å². The van der Waals surface area contributed by atoms with Crippen LogP contribution in [0.15, 0.2) is 66.2 Å². The molecule has 0 spiro atoms. The van der Waals surface area contributed by atoms with Crippen LogP contribution in [0, 0.1) is 6.92 Å². The first-order valence-electron chi connectivity index (χ1n) is 13.6. The molecule has 3 aromatic heterocycles. The first-order chi connectivity index (χ1) is 20.9. The molecule has 15 heteroatoms. The van der Waals surface area contributed by atoms with Gasteiger partial charge in [0.05, 0.1) is 6.20 Å². The number of carbonyl (C=O) groups excluding carboxylic acids is 1. The second kappa shape index (κ2) is 13.0. The lowest BCUT2D eigenvalue weighted by atomic mass is 9.98. The molecule has 0 aliphatic carbocycles. The normalized spacial score (nSPS) is 16.1. The van der Waals surface area contributed by atoms with Gasteiger partial charge in [0.2, 0.25) is 0 Å². The second-order valence-electron chi connectivity index (χ2n) is 10.3. The summed E-state index contributed by atoms with van der Waals surface area (Å²) in [4.78, 5) is 31.2. The summed E-state index contributed by atoms with van der Waals surface area (Å²) in [5, 5.41) is 18.1. The molecule has 2 N–H and O–H groups in total. The van der Waals surface area contributed by atoms with Crippen molar-refractivity contribution in [1.82, 2.24) is 24.7 Å². The number of halogens is 3. The van der Waals surface area contributed by atoms with Crippen LogP contribution in [-0.4, -0.2) is 59.4 Å². The van der Waals surface area contributed by atoms with E-state index in [-0.39, 0.29) is 11.7 Å². The third kappa shape index (κ3) is 7.71. The Hall–Kier alpha value is -4.50. The van der Waals surface area contributed by atoms with E-state index in [4.69, 9.17) is 0 Å². The Kier molecular flexibility index (Phi) is 9.15. The minimum absolute atomic E-state index is 0.215. The summed E-state index contributed by atoms with van der Waals surface area (Å²) >= 11 is 1.31. The molecule has 0 bridgehead atoms. The van der Waals surface area contributed by atoms with Crippen LogP contribution in [0.25, 0.3) is 5.82 Å². The van der Waals surface area contributed by atoms with E-state index >= 15 is 0 Å². The molecule has 1 aliphatic heterocycles. The Bertz CT molecular complexity index is 1640. The fourth-order valence-electron chi connectivity index (χ4n) is 4.47. The van der Waals surface area contributed by atoms with Gasteiger partial charge in [-0.25, -0.2) is 24.4 Å². The maximum atomic E-state index is 12.8. The number of urea groups is 1. The average Bonchev–Trinajstić information content (AvgIpc) is 3.58. The number of alkyl halides is 3. The molecule has 1 fully saturated rings. The number of benzene rings is 1. The number of nitrogens with one attached hydrogen (secondary N) is 1. The van der Waals surface area contributed by atoms with Gasteiger partial charge in [0.25, 0.3) is 0 Å². The summed E-state index contributed by atoms with van der Waals surface area (Å²) in [6, 6.07) is 11.4. The number of anilines is 2. The van der Waals surface area contributed by atoms with Crippen molar-refractivity contribution in [2.24, 2.45) is 4.99 Å². The summed E-state index contributed by atoms with van der Waals surface area (Å²) in [5.74, 6) is 1.29. The van der Waals surface area contributed by atoms with Crippen LogP contribution in [0.1, 0.15) is 42.3 Å². The molecule has 1 saturated heterocycles. The van der Waals surface area contributed by atoms with Gasteiger partial charge >= 0.3 is 12.4 Å². The summed E-state index contributed by atoms with van der Waals surface area (Å²) < 4.78 is 42.2. The monoisotopic (exact) mass is 626 g/mol. The lowest BCUT2D eigenvalue weighted by molar-refractivity contribution is -0.274. The van der Waals surface area contributed by atoms with Gasteiger partial charge in [-0.2, -0.15) is 4.99 Å². The third-order valence-electron chi connectivity index (χ3n) is 6.56. The largest absolute Gasteiger partial charge is 0.573 e. The zero-order valence-electron chi connectivity index (χ0n) is 24.0. The quantitative estimate of drug-likeness (QED) is 0.255. The Morgan fingerprint density at radius 2 is 1.95 bits per heavy atom. The number of aliphatic hydroxyl groups is 1. The zero-order valence-corrected chi connectivity index (χ0v) is 24.8. The van der Waals surface area contributed by atoms with E-state index in [1.165, 1.54) is 28.8 Å². The van der Waals surface area contributed by atoms with Gasteiger partial charge in [-0.1, -0.05) is 43.8 Å². The number of amidine groups is 1. The Morgan fingerprint density at radius 3 is 2.64 bits per heavy atom. The second-order valence-corrected chi connectivity index (χ2v) is 11.2. The number of thioether (sulfide) groups is 1. The van der Waals surface area contributed by atoms with Crippen molar-refractivity contribution in [3.8, 4) is 11.6 Å². The molecule has 44 heavy (non-hydrogen) atoms. The Morgan fingerprint density at radius 1 is 1.14 bits per heavy atom. The number of pyridine rings is 2. The number of amides is 2. The lowest BCUT2D eigenvalue weighted by Crippen LogP contribution is -2.35. The molecular formula is C29H29F3N8O3S. The van der Waals surface area contributed by atoms with E-state index in [1.807, 2.05) is 31.2 Å². The number of aryl methyl sites for hydroxylation is 3. The number of hydrogen-bond acceptors (Lipinski definition) is 8. The average molecular weight is 627 g/mol. The van der Waals surface area contributed by atoms with Crippen molar-refractivity contribution < 1.29 is 27.8 Å². The van der Waals surface area contributed by atoms with Crippen LogP contribution < -0.4 is 15.0 Å². The number of nitrogens with zero attached hydrogens (tertiary/aromatic N) is 7. The highest BCUT2D eigenvalue weighted by atomic mass is 32.2. The summed E-state index contributed by atoms with van der Waals surface area (Å²) in [6.07, 6.45) is -0.570. The molecule has 1 aliphatic rings. The van der Waals surface area contributed by atoms with Crippen molar-refractivity contribution in [1.29, 1.82) is 0 Å². The zero-order chi connectivity index (χ0) is 31.4. The number of aromatic nitrogens is 5. The molecule has 0 radical (unpaired) electrons. The lowest BCUT2D eigenvalue weighted by Gasteiger charge is -2.26. The molecule has 1 aromatic carbocycles. The number of hydrogen-bond donors (Lipinski definition) is 2. The fourth-order valence-corrected chi connectivity index (χ4v) is 5.43. The smallest absolute Gasteiger partial charge is 0.404 e. The molecule has 1 unspecified atom stereocenters. The van der Waals surface area contributed by atoms with Crippen LogP contribution in [-0.2, 0) is 12.8 Å². The number of carbonyl (C=O) groups is 1. The van der Waals surface area contributed by atoms with Crippen molar-refractivity contribution >= 4 is 34.5 Å². The van der Waals surface area contributed by atoms with Crippen LogP contribution in [0.4, 0.5) is 29.5 Å². The van der Waals surface area contributed by atoms with Crippen molar-refractivity contribution in [3.63, 3.8) is 0 Å². The number of aliphatic imine (C=N–C) groups is 1. The molecule has 5 rings (SSSR count). The topological polar surface area (TPSA) is 131 Å². The van der Waals surface area contributed by atoms with Crippen molar-refractivity contribution in [2.45, 2.75) is 52.1 Å². The standard InChI is InChI=1S/C29H29F3N8O3S/c1-17(2)21-8-4-18(3)12-22(21)40-26(41)15-44-28(40)37-27(42)36-23-9-5-19(13-33-23)6-10-24-35-16-39(38-24)25-11-7-20(14-34-25)43-29(30,31)32/h4-5,7-9,11-14,16-17,26,41H,6,10,15H2,1-3H3,(H,33,36,42). The first kappa shape index (κ1) is 30.9. The Labute approximate surface area is 255 Å². The van der Waals surface area contributed by atoms with E-state index in [9.17, 15) is 23.1 Å². The molecule has 11 nitrogen and oxygen atoms in total. The highest BCUT2D eigenvalue weighted by molar-refractivity contribution is 8.14. The van der Waals surface area contributed by atoms with E-state index < -0.39 is 24.4 Å². The molecular weight excluding hydrogens is 597 g/mol. The van der Waals surface area contributed by atoms with Crippen LogP contribution in [0.5, 0.6) is 5.75 Å². The predicted molar refractivity (Wildman–Crippen MR) is 160 cm³/mol. The predicted octanol–water partition coefficient (Wildman–Crippen LogP) is 5.63. The Balaban J connectivity index is 1.18. The van der Waals surface area contributed by atoms with Crippen LogP contribution in [0.2, 0.25) is 0 Å². The van der Waals surface area contributed by atoms with Crippen LogP contribution in [0.3, 0.4) is 0 Å². The highest BCUT2D eigenvalue weighted by Gasteiger charge is 2.33. The molecule has 230 valence electrons. The van der Waals surface area contributed by atoms with Crippen molar-refractivity contribution in [3.05, 3.63) is 83.7 Å². The molecule has 1 atom stereocenters. The first-order valence-corrected chi connectivity index (χ1v) is 14.6. The van der Waals surface area contributed by atoms with Gasteiger partial charge in [-0.15, -0.1) is 18.3 Å². The summed E-state index contributed by atoms with van der Waals surface area (Å²) in [7, 11) is 0. The number of ether oxygens (including phenoxy) is 1. The minimum atomic E-state index is -4.79. The van der Waals surface area contributed by atoms with Crippen molar-refractivity contribution in [2.75, 3.05) is 16.0 Å². The van der Waals surface area contributed by atoms with E-state index in [0.717, 1.165) is 34.6 Å². The van der Waals surface area contributed by atoms with Gasteiger partial charge in [-0.05, 0) is 60.2 Å². The van der Waals surface area contributed by atoms with E-state index in [1.54, 1.807) is 17.2 Å². The number of rotatable bonds is 8. The maximum absolute atomic E-state index is 12.8. The van der Waals surface area contributed by atoms with Crippen LogP contribution >= 0.6 is 11.8 Å². The minimum Gasteiger partial charge on any atom is -0.404 e. The molecule has 0 saturated carbocycles.